The topological polar surface area (TPSA) is 44.8 Å². The van der Waals surface area contributed by atoms with Gasteiger partial charge in [-0.05, 0) is 58.2 Å². The van der Waals surface area contributed by atoms with Gasteiger partial charge in [-0.2, -0.15) is 0 Å². The highest BCUT2D eigenvalue weighted by atomic mass is 16.5. The third-order valence-corrected chi connectivity index (χ3v) is 4.48. The molecule has 0 aliphatic carbocycles. The largest absolute Gasteiger partial charge is 0.378 e. The lowest BCUT2D eigenvalue weighted by Crippen LogP contribution is -2.43. The Morgan fingerprint density at radius 3 is 2.75 bits per heavy atom. The van der Waals surface area contributed by atoms with Crippen molar-refractivity contribution in [3.05, 3.63) is 0 Å². The molecular formula is C15H29N3O2. The van der Waals surface area contributed by atoms with Gasteiger partial charge in [0.05, 0.1) is 6.10 Å². The van der Waals surface area contributed by atoms with Crippen molar-refractivity contribution in [2.45, 2.75) is 38.2 Å². The lowest BCUT2D eigenvalue weighted by Gasteiger charge is -2.31. The smallest absolute Gasteiger partial charge is 0.317 e. The molecule has 0 saturated carbocycles. The van der Waals surface area contributed by atoms with Gasteiger partial charge in [-0.25, -0.2) is 4.79 Å². The number of likely N-dealkylation sites (tertiary alicyclic amines) is 1. The van der Waals surface area contributed by atoms with E-state index < -0.39 is 0 Å². The van der Waals surface area contributed by atoms with E-state index in [0.717, 1.165) is 52.0 Å². The summed E-state index contributed by atoms with van der Waals surface area (Å²) < 4.78 is 5.56. The van der Waals surface area contributed by atoms with Gasteiger partial charge in [-0.3, -0.25) is 0 Å². The van der Waals surface area contributed by atoms with Crippen LogP contribution in [-0.2, 0) is 4.74 Å². The molecule has 2 heterocycles. The van der Waals surface area contributed by atoms with Crippen LogP contribution in [0.4, 0.5) is 4.79 Å². The minimum absolute atomic E-state index is 0.0573. The third kappa shape index (κ3) is 4.94. The Hall–Kier alpha value is -0.810. The van der Waals surface area contributed by atoms with Crippen LogP contribution in [0.1, 0.15) is 32.1 Å². The van der Waals surface area contributed by atoms with E-state index >= 15 is 0 Å². The van der Waals surface area contributed by atoms with E-state index in [2.05, 4.69) is 17.3 Å². The summed E-state index contributed by atoms with van der Waals surface area (Å²) in [5, 5.41) is 3.00. The number of amides is 2. The number of rotatable bonds is 5. The fourth-order valence-corrected chi connectivity index (χ4v) is 3.06. The average Bonchev–Trinajstić information content (AvgIpc) is 2.94. The molecule has 0 aromatic carbocycles. The molecule has 0 aromatic heterocycles. The van der Waals surface area contributed by atoms with Gasteiger partial charge in [0.25, 0.3) is 0 Å². The second kappa shape index (κ2) is 7.84. The average molecular weight is 283 g/mol. The van der Waals surface area contributed by atoms with Crippen LogP contribution in [0.3, 0.4) is 0 Å². The van der Waals surface area contributed by atoms with E-state index in [1.807, 2.05) is 11.9 Å². The first-order chi connectivity index (χ1) is 9.65. The Morgan fingerprint density at radius 2 is 2.10 bits per heavy atom. The van der Waals surface area contributed by atoms with Gasteiger partial charge in [0, 0.05) is 26.7 Å². The molecule has 1 unspecified atom stereocenters. The maximum absolute atomic E-state index is 12.0. The molecule has 116 valence electrons. The molecule has 0 radical (unpaired) electrons. The van der Waals surface area contributed by atoms with Gasteiger partial charge in [0.15, 0.2) is 0 Å². The van der Waals surface area contributed by atoms with Crippen LogP contribution >= 0.6 is 0 Å². The Kier molecular flexibility index (Phi) is 6.10. The summed E-state index contributed by atoms with van der Waals surface area (Å²) in [5.41, 5.74) is 0. The quantitative estimate of drug-likeness (QED) is 0.832. The second-order valence-corrected chi connectivity index (χ2v) is 6.28. The third-order valence-electron chi connectivity index (χ3n) is 4.48. The molecule has 0 spiro atoms. The number of hydrogen-bond acceptors (Lipinski definition) is 3. The summed E-state index contributed by atoms with van der Waals surface area (Å²) in [7, 11) is 4.07. The second-order valence-electron chi connectivity index (χ2n) is 6.28. The summed E-state index contributed by atoms with van der Waals surface area (Å²) in [6, 6.07) is 0.0573. The molecule has 20 heavy (non-hydrogen) atoms. The summed E-state index contributed by atoms with van der Waals surface area (Å²) in [5.74, 6) is 0.653. The molecule has 5 heteroatoms. The first-order valence-electron chi connectivity index (χ1n) is 7.94. The van der Waals surface area contributed by atoms with E-state index in [-0.39, 0.29) is 6.03 Å². The Bertz CT molecular complexity index is 297. The minimum atomic E-state index is 0.0573. The highest BCUT2D eigenvalue weighted by Crippen LogP contribution is 2.17. The predicted molar refractivity (Wildman–Crippen MR) is 79.8 cm³/mol. The van der Waals surface area contributed by atoms with E-state index in [1.165, 1.54) is 12.8 Å². The standard InChI is InChI=1S/C15H29N3O2/c1-17-9-6-13(7-10-17)12-18(2)15(19)16-8-5-14-4-3-11-20-14/h13-14H,3-12H2,1-2H3,(H,16,19). The summed E-state index contributed by atoms with van der Waals surface area (Å²) in [6.45, 7) is 4.79. The van der Waals surface area contributed by atoms with Crippen molar-refractivity contribution < 1.29 is 9.53 Å². The zero-order chi connectivity index (χ0) is 14.4. The number of ether oxygens (including phenoxy) is 1. The normalized spacial score (nSPS) is 24.8. The lowest BCUT2D eigenvalue weighted by molar-refractivity contribution is 0.104. The highest BCUT2D eigenvalue weighted by Gasteiger charge is 2.20. The maximum Gasteiger partial charge on any atom is 0.317 e. The molecule has 5 nitrogen and oxygen atoms in total. The van der Waals surface area contributed by atoms with Gasteiger partial charge < -0.3 is 19.9 Å². The zero-order valence-corrected chi connectivity index (χ0v) is 12.9. The van der Waals surface area contributed by atoms with Crippen LogP contribution in [-0.4, -0.2) is 68.8 Å². The molecule has 2 saturated heterocycles. The Morgan fingerprint density at radius 1 is 1.35 bits per heavy atom. The van der Waals surface area contributed by atoms with Crippen LogP contribution in [0.25, 0.3) is 0 Å². The number of nitrogens with zero attached hydrogens (tertiary/aromatic N) is 2. The number of carbonyl (C=O) groups excluding carboxylic acids is 1. The highest BCUT2D eigenvalue weighted by molar-refractivity contribution is 5.73. The monoisotopic (exact) mass is 283 g/mol. The minimum Gasteiger partial charge on any atom is -0.378 e. The van der Waals surface area contributed by atoms with Crippen molar-refractivity contribution in [3.8, 4) is 0 Å². The zero-order valence-electron chi connectivity index (χ0n) is 12.9. The van der Waals surface area contributed by atoms with Crippen molar-refractivity contribution in [2.24, 2.45) is 5.92 Å². The molecule has 1 atom stereocenters. The lowest BCUT2D eigenvalue weighted by atomic mass is 9.97. The summed E-state index contributed by atoms with van der Waals surface area (Å²) in [6.07, 6.45) is 5.99. The SMILES string of the molecule is CN1CCC(CN(C)C(=O)NCCC2CCCO2)CC1. The number of urea groups is 1. The van der Waals surface area contributed by atoms with Gasteiger partial charge in [0.1, 0.15) is 0 Å². The number of nitrogens with one attached hydrogen (secondary N) is 1. The van der Waals surface area contributed by atoms with Crippen molar-refractivity contribution >= 4 is 6.03 Å². The molecule has 2 aliphatic rings. The molecule has 0 aromatic rings. The maximum atomic E-state index is 12.0. The van der Waals surface area contributed by atoms with Crippen LogP contribution in [0, 0.1) is 5.92 Å². The molecule has 2 rings (SSSR count). The fraction of sp³-hybridized carbons (Fsp3) is 0.933. The van der Waals surface area contributed by atoms with Gasteiger partial charge in [0.2, 0.25) is 0 Å². The van der Waals surface area contributed by atoms with Gasteiger partial charge in [-0.15, -0.1) is 0 Å². The van der Waals surface area contributed by atoms with Crippen LogP contribution in [0.2, 0.25) is 0 Å². The van der Waals surface area contributed by atoms with E-state index in [0.29, 0.717) is 12.0 Å². The van der Waals surface area contributed by atoms with Crippen LogP contribution in [0.5, 0.6) is 0 Å². The van der Waals surface area contributed by atoms with E-state index in [9.17, 15) is 4.79 Å². The van der Waals surface area contributed by atoms with Crippen molar-refractivity contribution in [3.63, 3.8) is 0 Å². The summed E-state index contributed by atoms with van der Waals surface area (Å²) >= 11 is 0. The molecular weight excluding hydrogens is 254 g/mol. The first kappa shape index (κ1) is 15.6. The van der Waals surface area contributed by atoms with Crippen molar-refractivity contribution in [1.82, 2.24) is 15.1 Å². The molecule has 2 aliphatic heterocycles. The van der Waals surface area contributed by atoms with Gasteiger partial charge in [-0.1, -0.05) is 0 Å². The first-order valence-corrected chi connectivity index (χ1v) is 7.94. The van der Waals surface area contributed by atoms with Crippen LogP contribution < -0.4 is 5.32 Å². The Labute approximate surface area is 122 Å². The number of hydrogen-bond donors (Lipinski definition) is 1. The Balaban J connectivity index is 1.59. The van der Waals surface area contributed by atoms with Crippen molar-refractivity contribution in [2.75, 3.05) is 46.9 Å². The number of carbonyl (C=O) groups is 1. The molecule has 1 N–H and O–H groups in total. The predicted octanol–water partition coefficient (Wildman–Crippen LogP) is 1.54. The van der Waals surface area contributed by atoms with Gasteiger partial charge >= 0.3 is 6.03 Å². The molecule has 2 fully saturated rings. The summed E-state index contributed by atoms with van der Waals surface area (Å²) in [4.78, 5) is 16.2. The molecule has 0 bridgehead atoms. The van der Waals surface area contributed by atoms with E-state index in [1.54, 1.807) is 0 Å². The molecule has 2 amide bonds. The number of piperidine rings is 1. The van der Waals surface area contributed by atoms with E-state index in [4.69, 9.17) is 4.74 Å². The van der Waals surface area contributed by atoms with Crippen molar-refractivity contribution in [1.29, 1.82) is 0 Å². The van der Waals surface area contributed by atoms with Crippen LogP contribution in [0.15, 0.2) is 0 Å². The fourth-order valence-electron chi connectivity index (χ4n) is 3.06.